The van der Waals surface area contributed by atoms with E-state index < -0.39 is 0 Å². The number of hydrogen-bond acceptors (Lipinski definition) is 2. The van der Waals surface area contributed by atoms with E-state index in [-0.39, 0.29) is 39.8 Å². The van der Waals surface area contributed by atoms with Gasteiger partial charge in [0.2, 0.25) is 0 Å². The van der Waals surface area contributed by atoms with Gasteiger partial charge in [-0.15, -0.1) is 0 Å². The molecule has 2 aliphatic rings. The summed E-state index contributed by atoms with van der Waals surface area (Å²) in [5.41, 5.74) is 16.8. The molecule has 4 heteroatoms. The van der Waals surface area contributed by atoms with Crippen molar-refractivity contribution in [1.82, 2.24) is 0 Å². The van der Waals surface area contributed by atoms with Gasteiger partial charge in [0.25, 0.3) is 0 Å². The van der Waals surface area contributed by atoms with Gasteiger partial charge in [-0.3, -0.25) is 0 Å². The number of anilines is 6. The van der Waals surface area contributed by atoms with Crippen LogP contribution in [0.1, 0.15) is 178 Å². The molecule has 0 N–H and O–H groups in total. The maximum atomic E-state index is 2.77. The molecule has 0 saturated carbocycles. The third-order valence-electron chi connectivity index (χ3n) is 19.3. The van der Waals surface area contributed by atoms with E-state index in [0.29, 0.717) is 11.8 Å². The zero-order valence-corrected chi connectivity index (χ0v) is 51.8. The van der Waals surface area contributed by atoms with Crippen LogP contribution in [0.2, 0.25) is 0 Å². The SMILES string of the molecule is CCCCC1(CCCC)c2ccccc2N(c2cc(C(C)C)c3ccc4c(N5c6ccccc6C(CCCC)(CCCC)c6cc7c(cc65)[se]c5ccccc57)cc(C(C)C)c5ccc2c3c54)c2cc3[se]c4ccccc4c3cc21. The molecule has 2 aliphatic heterocycles. The summed E-state index contributed by atoms with van der Waals surface area (Å²) >= 11 is 0.466. The molecule has 0 unspecified atom stereocenters. The molecule has 0 saturated heterocycles. The minimum absolute atomic E-state index is 0.0878. The molecule has 4 heterocycles. The summed E-state index contributed by atoms with van der Waals surface area (Å²) in [4.78, 5) is 5.54. The fraction of sp³-hybridized carbons (Fsp3) is 0.316. The van der Waals surface area contributed by atoms with Crippen LogP contribution >= 0.6 is 0 Å². The summed E-state index contributed by atoms with van der Waals surface area (Å²) in [6.45, 7) is 19.2. The van der Waals surface area contributed by atoms with Gasteiger partial charge < -0.3 is 0 Å². The van der Waals surface area contributed by atoms with E-state index >= 15 is 0 Å². The number of hydrogen-bond donors (Lipinski definition) is 0. The zero-order valence-electron chi connectivity index (χ0n) is 48.4. The van der Waals surface area contributed by atoms with Crippen LogP contribution in [0, 0.1) is 0 Å². The standard InChI is InChI=1S/C76H76N2Se2/c1-9-13-37-75(38-14-10-2)59-27-19-21-29-63(59)77(67-45-71-57(41-61(67)75)49-25-17-23-31-69(49)79-71)65-43-55(47(5)6)51-34-36-54-66(44-56(48(7)8)52-33-35-53(65)73(51)74(52)54)78-64-30-22-20-28-60(64)76(39-15-11-3,40-16-12-4)62-42-58-50-26-18-24-32-70(50)80-72(58)46-68(62)78/h17-36,41-48H,9-16,37-40H2,1-8H3. The second-order valence-electron chi connectivity index (χ2n) is 24.6. The number of benzene rings is 10. The Morgan fingerprint density at radius 1 is 0.325 bits per heavy atom. The molecule has 0 bridgehead atoms. The number of rotatable bonds is 16. The predicted molar refractivity (Wildman–Crippen MR) is 351 cm³/mol. The molecule has 0 spiro atoms. The Labute approximate surface area is 486 Å². The molecule has 80 heavy (non-hydrogen) atoms. The van der Waals surface area contributed by atoms with Crippen molar-refractivity contribution in [3.8, 4) is 0 Å². The Morgan fingerprint density at radius 2 is 0.688 bits per heavy atom. The van der Waals surface area contributed by atoms with Crippen LogP contribution in [-0.4, -0.2) is 29.0 Å². The normalized spacial score (nSPS) is 14.7. The Kier molecular flexibility index (Phi) is 13.3. The molecule has 0 aliphatic carbocycles. The first-order valence-electron chi connectivity index (χ1n) is 30.6. The van der Waals surface area contributed by atoms with Gasteiger partial charge in [-0.25, -0.2) is 0 Å². The first-order valence-corrected chi connectivity index (χ1v) is 34.1. The van der Waals surface area contributed by atoms with Gasteiger partial charge in [0.15, 0.2) is 0 Å². The van der Waals surface area contributed by atoms with Crippen molar-refractivity contribution in [1.29, 1.82) is 0 Å². The molecule has 2 aromatic heterocycles. The van der Waals surface area contributed by atoms with Gasteiger partial charge in [-0.2, -0.15) is 0 Å². The van der Waals surface area contributed by atoms with Gasteiger partial charge in [-0.1, -0.05) is 0 Å². The summed E-state index contributed by atoms with van der Waals surface area (Å²) in [7, 11) is 0. The summed E-state index contributed by atoms with van der Waals surface area (Å²) in [5.74, 6) is 0.613. The van der Waals surface area contributed by atoms with E-state index in [9.17, 15) is 0 Å². The summed E-state index contributed by atoms with van der Waals surface area (Å²) in [5, 5.41) is 14.1. The summed E-state index contributed by atoms with van der Waals surface area (Å²) < 4.78 is 6.05. The molecule has 402 valence electrons. The van der Waals surface area contributed by atoms with E-state index in [0.717, 1.165) is 25.7 Å². The molecule has 12 aromatic rings. The van der Waals surface area contributed by atoms with E-state index in [1.807, 2.05) is 0 Å². The fourth-order valence-electron chi connectivity index (χ4n) is 15.4. The van der Waals surface area contributed by atoms with E-state index in [2.05, 4.69) is 223 Å². The van der Waals surface area contributed by atoms with Crippen molar-refractivity contribution in [2.75, 3.05) is 9.80 Å². The van der Waals surface area contributed by atoms with Gasteiger partial charge in [0.1, 0.15) is 0 Å². The molecule has 14 rings (SSSR count). The summed E-state index contributed by atoms with van der Waals surface area (Å²) in [6, 6.07) is 64.0. The zero-order chi connectivity index (χ0) is 54.6. The monoisotopic (exact) mass is 1180 g/mol. The summed E-state index contributed by atoms with van der Waals surface area (Å²) in [6.07, 6.45) is 14.2. The van der Waals surface area contributed by atoms with Crippen LogP contribution in [0.25, 0.3) is 70.9 Å². The molecular formula is C76H76N2Se2. The van der Waals surface area contributed by atoms with Crippen molar-refractivity contribution in [3.05, 3.63) is 191 Å². The Balaban J connectivity index is 1.09. The fourth-order valence-corrected chi connectivity index (χ4v) is 20.2. The van der Waals surface area contributed by atoms with Crippen molar-refractivity contribution in [2.45, 2.75) is 155 Å². The Hall–Kier alpha value is -6.12. The van der Waals surface area contributed by atoms with Crippen molar-refractivity contribution in [3.63, 3.8) is 0 Å². The van der Waals surface area contributed by atoms with Gasteiger partial charge in [-0.05, 0) is 0 Å². The van der Waals surface area contributed by atoms with Gasteiger partial charge >= 0.3 is 490 Å². The van der Waals surface area contributed by atoms with Crippen molar-refractivity contribution < 1.29 is 0 Å². The van der Waals surface area contributed by atoms with Gasteiger partial charge in [0, 0.05) is 0 Å². The second-order valence-corrected chi connectivity index (χ2v) is 29.1. The molecule has 10 aromatic carbocycles. The number of fused-ring (bicyclic) bond motifs is 10. The number of para-hydroxylation sites is 2. The van der Waals surface area contributed by atoms with Gasteiger partial charge in [0.05, 0.1) is 0 Å². The first kappa shape index (κ1) is 52.0. The maximum absolute atomic E-state index is 2.77. The van der Waals surface area contributed by atoms with Crippen molar-refractivity contribution >= 4 is 134 Å². The number of nitrogens with zero attached hydrogens (tertiary/aromatic N) is 2. The molecule has 0 amide bonds. The molecule has 0 fully saturated rings. The molecular weight excluding hydrogens is 1100 g/mol. The molecule has 2 nitrogen and oxygen atoms in total. The Bertz CT molecular complexity index is 4060. The molecule has 0 radical (unpaired) electrons. The first-order chi connectivity index (χ1) is 39.1. The third kappa shape index (κ3) is 7.75. The van der Waals surface area contributed by atoms with Crippen LogP contribution in [0.4, 0.5) is 34.1 Å². The van der Waals surface area contributed by atoms with Crippen LogP contribution in [0.5, 0.6) is 0 Å². The second kappa shape index (κ2) is 20.4. The van der Waals surface area contributed by atoms with E-state index in [1.165, 1.54) is 190 Å². The topological polar surface area (TPSA) is 6.48 Å². The number of unbranched alkanes of at least 4 members (excludes halogenated alkanes) is 4. The van der Waals surface area contributed by atoms with Crippen LogP contribution in [0.15, 0.2) is 158 Å². The Morgan fingerprint density at radius 3 is 1.07 bits per heavy atom. The van der Waals surface area contributed by atoms with E-state index in [4.69, 9.17) is 0 Å². The van der Waals surface area contributed by atoms with Crippen LogP contribution < -0.4 is 9.80 Å². The van der Waals surface area contributed by atoms with Crippen LogP contribution in [-0.2, 0) is 10.8 Å². The van der Waals surface area contributed by atoms with Crippen molar-refractivity contribution in [2.24, 2.45) is 0 Å². The van der Waals surface area contributed by atoms with Crippen LogP contribution in [0.3, 0.4) is 0 Å². The quantitative estimate of drug-likeness (QED) is 0.0703. The third-order valence-corrected chi connectivity index (χ3v) is 24.1. The predicted octanol–water partition coefficient (Wildman–Crippen LogP) is 22.5. The molecule has 0 atom stereocenters. The van der Waals surface area contributed by atoms with E-state index in [1.54, 1.807) is 0 Å². The average Bonchev–Trinajstić information content (AvgIpc) is 4.18. The minimum atomic E-state index is -0.0878. The average molecular weight is 1180 g/mol.